The number of esters is 1. The van der Waals surface area contributed by atoms with E-state index >= 15 is 0 Å². The van der Waals surface area contributed by atoms with Crippen molar-refractivity contribution in [2.45, 2.75) is 57.1 Å². The number of anilines is 1. The van der Waals surface area contributed by atoms with Gasteiger partial charge in [-0.25, -0.2) is 0 Å². The summed E-state index contributed by atoms with van der Waals surface area (Å²) >= 11 is 0. The largest absolute Gasteiger partial charge is 0.494 e. The van der Waals surface area contributed by atoms with Gasteiger partial charge in [-0.1, -0.05) is 66.7 Å². The lowest BCUT2D eigenvalue weighted by atomic mass is 9.88. The molecule has 1 aliphatic heterocycles. The molecule has 2 fully saturated rings. The minimum absolute atomic E-state index is 0.00343. The van der Waals surface area contributed by atoms with Crippen molar-refractivity contribution in [2.75, 3.05) is 37.6 Å². The standard InChI is InChI=1S/C35H41N3O3/c1-26(39)41-32-16-14-30(15-17-32)38-25-29-12-13-31(24-34(29)35(38)40)37-22-20-36(21-23-37)19-18-33(27-8-4-2-5-9-27)28-10-6-3-7-11-28/h2-13,24-25,30,32-33,40H,14-23H2,1H3. The van der Waals surface area contributed by atoms with Crippen molar-refractivity contribution in [2.24, 2.45) is 0 Å². The summed E-state index contributed by atoms with van der Waals surface area (Å²) in [5.41, 5.74) is 3.94. The maximum atomic E-state index is 11.3. The minimum atomic E-state index is -0.208. The van der Waals surface area contributed by atoms with Crippen LogP contribution in [0.15, 0.2) is 85.1 Å². The zero-order valence-electron chi connectivity index (χ0n) is 24.0. The first-order chi connectivity index (χ1) is 20.0. The van der Waals surface area contributed by atoms with Crippen molar-refractivity contribution in [1.82, 2.24) is 9.47 Å². The zero-order valence-corrected chi connectivity index (χ0v) is 24.0. The second-order valence-electron chi connectivity index (χ2n) is 11.7. The highest BCUT2D eigenvalue weighted by atomic mass is 16.5. The van der Waals surface area contributed by atoms with Gasteiger partial charge in [0.2, 0.25) is 0 Å². The maximum absolute atomic E-state index is 11.3. The fourth-order valence-corrected chi connectivity index (χ4v) is 6.79. The van der Waals surface area contributed by atoms with E-state index < -0.39 is 0 Å². The predicted octanol–water partition coefficient (Wildman–Crippen LogP) is 6.74. The van der Waals surface area contributed by atoms with Crippen molar-refractivity contribution < 1.29 is 14.6 Å². The Kier molecular flexibility index (Phi) is 8.28. The Balaban J connectivity index is 1.07. The van der Waals surface area contributed by atoms with Gasteiger partial charge >= 0.3 is 5.97 Å². The molecule has 3 aromatic carbocycles. The number of fused-ring (bicyclic) bond motifs is 1. The van der Waals surface area contributed by atoms with Gasteiger partial charge in [-0.3, -0.25) is 9.69 Å². The molecule has 1 N–H and O–H groups in total. The van der Waals surface area contributed by atoms with Crippen LogP contribution in [-0.2, 0) is 9.53 Å². The van der Waals surface area contributed by atoms with E-state index in [1.165, 1.54) is 23.7 Å². The number of nitrogens with zero attached hydrogens (tertiary/aromatic N) is 3. The number of piperazine rings is 1. The van der Waals surface area contributed by atoms with Crippen LogP contribution in [0.4, 0.5) is 5.69 Å². The number of benzene rings is 3. The van der Waals surface area contributed by atoms with Crippen molar-refractivity contribution in [1.29, 1.82) is 0 Å². The van der Waals surface area contributed by atoms with E-state index in [-0.39, 0.29) is 18.1 Å². The number of aromatic nitrogens is 1. The molecular weight excluding hydrogens is 510 g/mol. The molecule has 6 heteroatoms. The summed E-state index contributed by atoms with van der Waals surface area (Å²) in [4.78, 5) is 16.3. The van der Waals surface area contributed by atoms with Crippen molar-refractivity contribution in [3.05, 3.63) is 96.2 Å². The van der Waals surface area contributed by atoms with Gasteiger partial charge in [-0.05, 0) is 61.9 Å². The molecule has 2 heterocycles. The highest BCUT2D eigenvalue weighted by molar-refractivity contribution is 5.91. The molecule has 2 aliphatic rings. The van der Waals surface area contributed by atoms with Gasteiger partial charge in [0.25, 0.3) is 0 Å². The van der Waals surface area contributed by atoms with Crippen molar-refractivity contribution in [3.63, 3.8) is 0 Å². The first-order valence-corrected chi connectivity index (χ1v) is 15.1. The third-order valence-electron chi connectivity index (χ3n) is 9.05. The Hall–Kier alpha value is -3.77. The number of hydrogen-bond acceptors (Lipinski definition) is 5. The molecule has 214 valence electrons. The molecule has 0 unspecified atom stereocenters. The van der Waals surface area contributed by atoms with Crippen molar-refractivity contribution in [3.8, 4) is 5.88 Å². The first-order valence-electron chi connectivity index (χ1n) is 15.1. The first kappa shape index (κ1) is 27.4. The van der Waals surface area contributed by atoms with Gasteiger partial charge in [-0.2, -0.15) is 0 Å². The van der Waals surface area contributed by atoms with Crippen LogP contribution in [0.2, 0.25) is 0 Å². The quantitative estimate of drug-likeness (QED) is 0.246. The molecule has 1 aliphatic carbocycles. The van der Waals surface area contributed by atoms with E-state index in [1.54, 1.807) is 0 Å². The molecule has 6 rings (SSSR count). The van der Waals surface area contributed by atoms with Crippen LogP contribution in [-0.4, -0.2) is 59.4 Å². The van der Waals surface area contributed by atoms with E-state index in [9.17, 15) is 9.90 Å². The van der Waals surface area contributed by atoms with Crippen LogP contribution in [0.25, 0.3) is 10.8 Å². The van der Waals surface area contributed by atoms with E-state index in [1.807, 2.05) is 4.57 Å². The summed E-state index contributed by atoms with van der Waals surface area (Å²) in [5.74, 6) is 0.547. The van der Waals surface area contributed by atoms with Gasteiger partial charge in [0.05, 0.1) is 0 Å². The molecule has 0 atom stereocenters. The highest BCUT2D eigenvalue weighted by Gasteiger charge is 2.27. The number of hydrogen-bond donors (Lipinski definition) is 1. The van der Waals surface area contributed by atoms with Crippen LogP contribution in [0.3, 0.4) is 0 Å². The molecular formula is C35H41N3O3. The van der Waals surface area contributed by atoms with Crippen LogP contribution < -0.4 is 4.90 Å². The monoisotopic (exact) mass is 551 g/mol. The van der Waals surface area contributed by atoms with Gasteiger partial charge in [0.1, 0.15) is 6.10 Å². The minimum Gasteiger partial charge on any atom is -0.494 e. The zero-order chi connectivity index (χ0) is 28.2. The summed E-state index contributed by atoms with van der Waals surface area (Å²) in [7, 11) is 0. The fourth-order valence-electron chi connectivity index (χ4n) is 6.79. The molecule has 41 heavy (non-hydrogen) atoms. The Morgan fingerprint density at radius 2 is 1.51 bits per heavy atom. The molecule has 0 radical (unpaired) electrons. The van der Waals surface area contributed by atoms with Crippen LogP contribution in [0.5, 0.6) is 5.88 Å². The van der Waals surface area contributed by atoms with Gasteiger partial charge in [0.15, 0.2) is 5.88 Å². The topological polar surface area (TPSA) is 57.9 Å². The number of carbonyl (C=O) groups is 1. The van der Waals surface area contributed by atoms with E-state index in [4.69, 9.17) is 4.74 Å². The van der Waals surface area contributed by atoms with E-state index in [0.29, 0.717) is 11.8 Å². The number of carbonyl (C=O) groups excluding carboxylic acids is 1. The molecule has 6 nitrogen and oxygen atoms in total. The predicted molar refractivity (Wildman–Crippen MR) is 165 cm³/mol. The fraction of sp³-hybridized carbons (Fsp3) is 0.400. The third-order valence-corrected chi connectivity index (χ3v) is 9.05. The summed E-state index contributed by atoms with van der Waals surface area (Å²) < 4.78 is 7.44. The van der Waals surface area contributed by atoms with Crippen molar-refractivity contribution >= 4 is 22.4 Å². The maximum Gasteiger partial charge on any atom is 0.302 e. The lowest BCUT2D eigenvalue weighted by Crippen LogP contribution is -2.46. The van der Waals surface area contributed by atoms with E-state index in [2.05, 4.69) is 94.9 Å². The molecule has 0 bridgehead atoms. The van der Waals surface area contributed by atoms with Crippen LogP contribution in [0, 0.1) is 0 Å². The molecule has 4 aromatic rings. The Labute approximate surface area is 243 Å². The Morgan fingerprint density at radius 3 is 2.12 bits per heavy atom. The average Bonchev–Trinajstić information content (AvgIpc) is 3.34. The summed E-state index contributed by atoms with van der Waals surface area (Å²) in [6.07, 6.45) is 6.66. The summed E-state index contributed by atoms with van der Waals surface area (Å²) in [6, 6.07) is 28.5. The molecule has 1 saturated carbocycles. The lowest BCUT2D eigenvalue weighted by molar-refractivity contribution is -0.148. The lowest BCUT2D eigenvalue weighted by Gasteiger charge is -2.36. The summed E-state index contributed by atoms with van der Waals surface area (Å²) in [5, 5.41) is 13.2. The second kappa shape index (κ2) is 12.4. The highest BCUT2D eigenvalue weighted by Crippen LogP contribution is 2.38. The second-order valence-corrected chi connectivity index (χ2v) is 11.7. The number of rotatable bonds is 8. The van der Waals surface area contributed by atoms with Crippen LogP contribution >= 0.6 is 0 Å². The molecule has 1 aromatic heterocycles. The normalized spacial score (nSPS) is 20.0. The van der Waals surface area contributed by atoms with Gasteiger partial charge in [-0.15, -0.1) is 0 Å². The number of aromatic hydroxyl groups is 1. The van der Waals surface area contributed by atoms with Crippen LogP contribution in [0.1, 0.15) is 62.1 Å². The number of ether oxygens (including phenoxy) is 1. The Bertz CT molecular complexity index is 1400. The summed E-state index contributed by atoms with van der Waals surface area (Å²) in [6.45, 7) is 6.58. The van der Waals surface area contributed by atoms with Gasteiger partial charge < -0.3 is 19.3 Å². The average molecular weight is 552 g/mol. The third kappa shape index (κ3) is 6.28. The SMILES string of the molecule is CC(=O)OC1CCC(n2cc3ccc(N4CCN(CCC(c5ccccc5)c5ccccc5)CC4)cc3c2O)CC1. The molecule has 0 spiro atoms. The molecule has 0 amide bonds. The van der Waals surface area contributed by atoms with E-state index in [0.717, 1.165) is 75.6 Å². The van der Waals surface area contributed by atoms with Gasteiger partial charge in [0, 0.05) is 67.7 Å². The smallest absolute Gasteiger partial charge is 0.302 e. The Morgan fingerprint density at radius 1 is 0.878 bits per heavy atom. The molecule has 1 saturated heterocycles.